The van der Waals surface area contributed by atoms with Gasteiger partial charge in [0, 0.05) is 18.9 Å². The molecule has 3 aromatic rings. The zero-order valence-electron chi connectivity index (χ0n) is 15.5. The lowest BCUT2D eigenvalue weighted by Gasteiger charge is -2.18. The van der Waals surface area contributed by atoms with Crippen LogP contribution >= 0.6 is 0 Å². The highest BCUT2D eigenvalue weighted by atomic mass is 19.4. The molecule has 0 unspecified atom stereocenters. The quantitative estimate of drug-likeness (QED) is 0.605. The van der Waals surface area contributed by atoms with Gasteiger partial charge in [-0.05, 0) is 36.1 Å². The first-order valence-corrected chi connectivity index (χ1v) is 9.12. The summed E-state index contributed by atoms with van der Waals surface area (Å²) < 4.78 is 38.2. The molecule has 0 aliphatic carbocycles. The predicted molar refractivity (Wildman–Crippen MR) is 99.7 cm³/mol. The molecule has 0 saturated carbocycles. The third-order valence-electron chi connectivity index (χ3n) is 4.43. The van der Waals surface area contributed by atoms with Crippen molar-refractivity contribution in [3.05, 3.63) is 77.1 Å². The molecule has 0 aliphatic rings. The number of carbonyl (C=O) groups excluding carboxylic acids is 1. The molecule has 0 radical (unpaired) electrons. The number of carbonyl (C=O) groups is 1. The number of H-pyrrole nitrogens is 1. The maximum atomic E-state index is 12.7. The maximum Gasteiger partial charge on any atom is 0.416 e. The summed E-state index contributed by atoms with van der Waals surface area (Å²) in [5.74, 6) is 0.277. The molecule has 3 rings (SSSR count). The average molecular weight is 403 g/mol. The Hall–Kier alpha value is -3.23. The van der Waals surface area contributed by atoms with Crippen LogP contribution in [0.5, 0.6) is 0 Å². The highest BCUT2D eigenvalue weighted by molar-refractivity contribution is 5.76. The van der Waals surface area contributed by atoms with Crippen molar-refractivity contribution in [2.45, 2.75) is 37.9 Å². The molecule has 2 N–H and O–H groups in total. The Morgan fingerprint density at radius 3 is 2.34 bits per heavy atom. The van der Waals surface area contributed by atoms with Gasteiger partial charge in [0.25, 0.3) is 0 Å². The van der Waals surface area contributed by atoms with Crippen molar-refractivity contribution in [2.75, 3.05) is 0 Å². The van der Waals surface area contributed by atoms with E-state index in [4.69, 9.17) is 0 Å². The van der Waals surface area contributed by atoms with Crippen molar-refractivity contribution < 1.29 is 18.0 Å². The molecule has 9 heteroatoms. The lowest BCUT2D eigenvalue weighted by Crippen LogP contribution is -2.38. The Balaban J connectivity index is 1.63. The highest BCUT2D eigenvalue weighted by Gasteiger charge is 2.30. The fourth-order valence-electron chi connectivity index (χ4n) is 2.98. The number of halogens is 3. The van der Waals surface area contributed by atoms with Gasteiger partial charge in [-0.15, -0.1) is 10.2 Å². The number of amides is 1. The van der Waals surface area contributed by atoms with Crippen molar-refractivity contribution in [1.82, 2.24) is 25.9 Å². The van der Waals surface area contributed by atoms with E-state index in [1.807, 2.05) is 30.3 Å². The molecule has 0 bridgehead atoms. The Morgan fingerprint density at radius 1 is 1.00 bits per heavy atom. The Labute approximate surface area is 165 Å². The molecule has 0 spiro atoms. The summed E-state index contributed by atoms with van der Waals surface area (Å²) in [4.78, 5) is 12.4. The van der Waals surface area contributed by atoms with Crippen LogP contribution in [0.15, 0.2) is 54.6 Å². The molecular formula is C20H20F3N5O. The normalized spacial score (nSPS) is 12.5. The van der Waals surface area contributed by atoms with Crippen molar-refractivity contribution in [3.8, 4) is 0 Å². The number of alkyl halides is 3. The molecule has 1 aromatic heterocycles. The topological polar surface area (TPSA) is 83.6 Å². The molecule has 1 atom stereocenters. The Bertz CT molecular complexity index is 896. The van der Waals surface area contributed by atoms with E-state index >= 15 is 0 Å². The van der Waals surface area contributed by atoms with Crippen LogP contribution < -0.4 is 5.32 Å². The summed E-state index contributed by atoms with van der Waals surface area (Å²) in [6, 6.07) is 14.2. The van der Waals surface area contributed by atoms with Crippen LogP contribution in [-0.2, 0) is 30.2 Å². The lowest BCUT2D eigenvalue weighted by atomic mass is 10.0. The molecule has 0 saturated heterocycles. The van der Waals surface area contributed by atoms with E-state index in [9.17, 15) is 18.0 Å². The summed E-state index contributed by atoms with van der Waals surface area (Å²) >= 11 is 0. The average Bonchev–Trinajstić information content (AvgIpc) is 3.20. The zero-order valence-corrected chi connectivity index (χ0v) is 15.5. The lowest BCUT2D eigenvalue weighted by molar-refractivity contribution is -0.137. The van der Waals surface area contributed by atoms with Gasteiger partial charge < -0.3 is 5.32 Å². The van der Waals surface area contributed by atoms with E-state index in [-0.39, 0.29) is 11.9 Å². The minimum Gasteiger partial charge on any atom is -0.353 e. The van der Waals surface area contributed by atoms with E-state index in [0.717, 1.165) is 17.7 Å². The third kappa shape index (κ3) is 6.41. The number of nitrogens with one attached hydrogen (secondary N) is 2. The number of aromatic amines is 1. The molecule has 1 amide bonds. The number of rotatable bonds is 8. The van der Waals surface area contributed by atoms with E-state index in [1.165, 1.54) is 12.1 Å². The van der Waals surface area contributed by atoms with Crippen LogP contribution in [0, 0.1) is 0 Å². The molecule has 0 aliphatic heterocycles. The Morgan fingerprint density at radius 2 is 1.72 bits per heavy atom. The molecule has 1 heterocycles. The van der Waals surface area contributed by atoms with E-state index in [2.05, 4.69) is 25.9 Å². The van der Waals surface area contributed by atoms with Crippen LogP contribution in [0.2, 0.25) is 0 Å². The number of aryl methyl sites for hydroxylation is 1. The standard InChI is InChI=1S/C20H20F3N5O/c21-20(22,23)16-9-6-15(7-10-16)12-17(13-18-25-27-28-26-18)24-19(29)11-8-14-4-2-1-3-5-14/h1-7,9-10,17H,8,11-13H2,(H,24,29)(H,25,26,27,28)/t17-/m0/s1. The van der Waals surface area contributed by atoms with E-state index < -0.39 is 11.7 Å². The summed E-state index contributed by atoms with van der Waals surface area (Å²) in [6.45, 7) is 0. The minimum atomic E-state index is -4.38. The first-order valence-electron chi connectivity index (χ1n) is 9.12. The van der Waals surface area contributed by atoms with Gasteiger partial charge in [0.05, 0.1) is 5.56 Å². The minimum absolute atomic E-state index is 0.144. The number of tetrazole rings is 1. The van der Waals surface area contributed by atoms with Gasteiger partial charge in [-0.25, -0.2) is 0 Å². The van der Waals surface area contributed by atoms with Gasteiger partial charge in [0.15, 0.2) is 5.82 Å². The first kappa shape index (κ1) is 20.5. The zero-order chi connectivity index (χ0) is 20.7. The van der Waals surface area contributed by atoms with Crippen molar-refractivity contribution in [1.29, 1.82) is 0 Å². The molecule has 0 fully saturated rings. The Kier molecular flexibility index (Phi) is 6.58. The number of aromatic nitrogens is 4. The molecular weight excluding hydrogens is 383 g/mol. The summed E-state index contributed by atoms with van der Waals surface area (Å²) in [6.07, 6.45) is -2.81. The third-order valence-corrected chi connectivity index (χ3v) is 4.43. The van der Waals surface area contributed by atoms with Crippen molar-refractivity contribution in [2.24, 2.45) is 0 Å². The van der Waals surface area contributed by atoms with Gasteiger partial charge in [-0.2, -0.15) is 18.4 Å². The van der Waals surface area contributed by atoms with Gasteiger partial charge in [0.1, 0.15) is 0 Å². The highest BCUT2D eigenvalue weighted by Crippen LogP contribution is 2.29. The second-order valence-electron chi connectivity index (χ2n) is 6.68. The molecule has 6 nitrogen and oxygen atoms in total. The van der Waals surface area contributed by atoms with Crippen molar-refractivity contribution >= 4 is 5.91 Å². The molecule has 152 valence electrons. The van der Waals surface area contributed by atoms with Crippen molar-refractivity contribution in [3.63, 3.8) is 0 Å². The van der Waals surface area contributed by atoms with Crippen LogP contribution in [0.4, 0.5) is 13.2 Å². The van der Waals surface area contributed by atoms with E-state index in [1.54, 1.807) is 0 Å². The van der Waals surface area contributed by atoms with Gasteiger partial charge in [-0.1, -0.05) is 47.7 Å². The first-order chi connectivity index (χ1) is 13.9. The smallest absolute Gasteiger partial charge is 0.353 e. The fraction of sp³-hybridized carbons (Fsp3) is 0.300. The fourth-order valence-corrected chi connectivity index (χ4v) is 2.98. The van der Waals surface area contributed by atoms with Crippen LogP contribution in [0.1, 0.15) is 28.9 Å². The second-order valence-corrected chi connectivity index (χ2v) is 6.68. The maximum absolute atomic E-state index is 12.7. The number of hydrogen-bond acceptors (Lipinski definition) is 4. The summed E-state index contributed by atoms with van der Waals surface area (Å²) in [5.41, 5.74) is 1.03. The monoisotopic (exact) mass is 403 g/mol. The number of benzene rings is 2. The molecule has 2 aromatic carbocycles. The predicted octanol–water partition coefficient (Wildman–Crippen LogP) is 3.12. The molecule has 29 heavy (non-hydrogen) atoms. The van der Waals surface area contributed by atoms with Gasteiger partial charge in [0.2, 0.25) is 5.91 Å². The number of nitrogens with zero attached hydrogens (tertiary/aromatic N) is 3. The summed E-state index contributed by atoms with van der Waals surface area (Å²) in [5, 5.41) is 16.6. The van der Waals surface area contributed by atoms with Gasteiger partial charge in [-0.3, -0.25) is 4.79 Å². The van der Waals surface area contributed by atoms with Crippen LogP contribution in [0.25, 0.3) is 0 Å². The second kappa shape index (κ2) is 9.31. The van der Waals surface area contributed by atoms with E-state index in [0.29, 0.717) is 37.1 Å². The van der Waals surface area contributed by atoms with Crippen LogP contribution in [0.3, 0.4) is 0 Å². The summed E-state index contributed by atoms with van der Waals surface area (Å²) in [7, 11) is 0. The van der Waals surface area contributed by atoms with Gasteiger partial charge >= 0.3 is 6.18 Å². The largest absolute Gasteiger partial charge is 0.416 e. The van der Waals surface area contributed by atoms with Crippen LogP contribution in [-0.4, -0.2) is 32.6 Å². The number of hydrogen-bond donors (Lipinski definition) is 2. The SMILES string of the molecule is O=C(CCc1ccccc1)N[C@@H](Cc1ccc(C(F)(F)F)cc1)Cc1nn[nH]n1.